The molecule has 0 N–H and O–H groups in total. The van der Waals surface area contributed by atoms with Crippen LogP contribution in [0.3, 0.4) is 0 Å². The van der Waals surface area contributed by atoms with Gasteiger partial charge in [0.05, 0.1) is 10.9 Å². The Morgan fingerprint density at radius 3 is 1.90 bits per heavy atom. The molecular formula is C18H21BrO. The second kappa shape index (κ2) is 6.45. The van der Waals surface area contributed by atoms with Gasteiger partial charge in [0.2, 0.25) is 0 Å². The number of hydrogen-bond donors (Lipinski definition) is 0. The third-order valence-electron chi connectivity index (χ3n) is 3.08. The van der Waals surface area contributed by atoms with Gasteiger partial charge in [0.15, 0.2) is 0 Å². The lowest BCUT2D eigenvalue weighted by Gasteiger charge is -2.14. The summed E-state index contributed by atoms with van der Waals surface area (Å²) < 4.78 is 5.68. The molecule has 2 aromatic carbocycles. The number of hydrogen-bond acceptors (Lipinski definition) is 1. The van der Waals surface area contributed by atoms with Crippen molar-refractivity contribution in [3.8, 4) is 5.75 Å². The van der Waals surface area contributed by atoms with E-state index in [9.17, 15) is 0 Å². The van der Waals surface area contributed by atoms with Crippen LogP contribution in [-0.4, -0.2) is 6.10 Å². The molecule has 20 heavy (non-hydrogen) atoms. The minimum atomic E-state index is 0.208. The summed E-state index contributed by atoms with van der Waals surface area (Å²) in [6.07, 6.45) is 0.208. The lowest BCUT2D eigenvalue weighted by atomic mass is 10.0. The highest BCUT2D eigenvalue weighted by molar-refractivity contribution is 9.09. The first-order valence-corrected chi connectivity index (χ1v) is 7.86. The van der Waals surface area contributed by atoms with Gasteiger partial charge in [-0.15, -0.1) is 0 Å². The van der Waals surface area contributed by atoms with Gasteiger partial charge in [0.25, 0.3) is 0 Å². The van der Waals surface area contributed by atoms with E-state index in [1.54, 1.807) is 0 Å². The van der Waals surface area contributed by atoms with Gasteiger partial charge in [-0.25, -0.2) is 0 Å². The zero-order valence-corrected chi connectivity index (χ0v) is 14.1. The molecule has 106 valence electrons. The van der Waals surface area contributed by atoms with Crippen LogP contribution in [0.5, 0.6) is 5.75 Å². The van der Waals surface area contributed by atoms with Crippen molar-refractivity contribution in [2.75, 3.05) is 0 Å². The molecule has 0 saturated heterocycles. The van der Waals surface area contributed by atoms with Crippen LogP contribution in [0.15, 0.2) is 42.5 Å². The lowest BCUT2D eigenvalue weighted by molar-refractivity contribution is 0.242. The van der Waals surface area contributed by atoms with Crippen molar-refractivity contribution < 1.29 is 4.74 Å². The SMILES string of the molecule is Cc1cc(C)cc(C(Br)c2ccc(OC(C)C)cc2)c1. The van der Waals surface area contributed by atoms with Crippen LogP contribution < -0.4 is 4.74 Å². The van der Waals surface area contributed by atoms with Gasteiger partial charge in [0.1, 0.15) is 5.75 Å². The van der Waals surface area contributed by atoms with Gasteiger partial charge in [-0.3, -0.25) is 0 Å². The summed E-state index contributed by atoms with van der Waals surface area (Å²) in [7, 11) is 0. The van der Waals surface area contributed by atoms with Crippen LogP contribution in [-0.2, 0) is 0 Å². The summed E-state index contributed by atoms with van der Waals surface area (Å²) in [5, 5.41) is 0. The quantitative estimate of drug-likeness (QED) is 0.664. The predicted molar refractivity (Wildman–Crippen MR) is 88.9 cm³/mol. The van der Waals surface area contributed by atoms with Gasteiger partial charge in [-0.05, 0) is 51.0 Å². The average molecular weight is 333 g/mol. The number of halogens is 1. The fourth-order valence-corrected chi connectivity index (χ4v) is 2.91. The van der Waals surface area contributed by atoms with Crippen LogP contribution in [0, 0.1) is 13.8 Å². The van der Waals surface area contributed by atoms with Gasteiger partial charge in [-0.1, -0.05) is 57.4 Å². The summed E-state index contributed by atoms with van der Waals surface area (Å²) in [6.45, 7) is 8.35. The maximum Gasteiger partial charge on any atom is 0.119 e. The number of ether oxygens (including phenoxy) is 1. The largest absolute Gasteiger partial charge is 0.491 e. The second-order valence-corrected chi connectivity index (χ2v) is 6.43. The fourth-order valence-electron chi connectivity index (χ4n) is 2.34. The highest BCUT2D eigenvalue weighted by Gasteiger charge is 2.11. The van der Waals surface area contributed by atoms with E-state index in [0.717, 1.165) is 5.75 Å². The fraction of sp³-hybridized carbons (Fsp3) is 0.333. The number of alkyl halides is 1. The third kappa shape index (κ3) is 3.86. The van der Waals surface area contributed by atoms with Crippen LogP contribution in [0.2, 0.25) is 0 Å². The summed E-state index contributed by atoms with van der Waals surface area (Å²) in [4.78, 5) is 0.217. The van der Waals surface area contributed by atoms with E-state index in [0.29, 0.717) is 0 Å². The Kier molecular flexibility index (Phi) is 4.87. The summed E-state index contributed by atoms with van der Waals surface area (Å²) in [5.41, 5.74) is 5.12. The molecule has 0 saturated carbocycles. The van der Waals surface area contributed by atoms with Gasteiger partial charge in [0, 0.05) is 0 Å². The highest BCUT2D eigenvalue weighted by Crippen LogP contribution is 2.32. The Balaban J connectivity index is 2.22. The van der Waals surface area contributed by atoms with E-state index in [1.165, 1.54) is 22.3 Å². The van der Waals surface area contributed by atoms with Crippen molar-refractivity contribution in [1.82, 2.24) is 0 Å². The lowest BCUT2D eigenvalue weighted by Crippen LogP contribution is -2.05. The maximum absolute atomic E-state index is 5.68. The Bertz CT molecular complexity index is 552. The van der Waals surface area contributed by atoms with Crippen LogP contribution in [0.1, 0.15) is 40.9 Å². The molecule has 0 fully saturated rings. The zero-order valence-electron chi connectivity index (χ0n) is 12.5. The van der Waals surface area contributed by atoms with Crippen molar-refractivity contribution in [2.45, 2.75) is 38.6 Å². The Hall–Kier alpha value is -1.28. The van der Waals surface area contributed by atoms with Crippen LogP contribution in [0.4, 0.5) is 0 Å². The summed E-state index contributed by atoms with van der Waals surface area (Å²) >= 11 is 3.80. The summed E-state index contributed by atoms with van der Waals surface area (Å²) in [5.74, 6) is 0.920. The first-order chi connectivity index (χ1) is 9.45. The Morgan fingerprint density at radius 1 is 0.850 bits per heavy atom. The molecule has 0 aliphatic carbocycles. The smallest absolute Gasteiger partial charge is 0.119 e. The van der Waals surface area contributed by atoms with Crippen molar-refractivity contribution in [2.24, 2.45) is 0 Å². The van der Waals surface area contributed by atoms with Crippen molar-refractivity contribution in [1.29, 1.82) is 0 Å². The molecule has 2 aromatic rings. The van der Waals surface area contributed by atoms with E-state index in [-0.39, 0.29) is 10.9 Å². The molecule has 0 aliphatic rings. The van der Waals surface area contributed by atoms with E-state index in [1.807, 2.05) is 26.0 Å². The van der Waals surface area contributed by atoms with E-state index in [4.69, 9.17) is 4.74 Å². The molecule has 1 atom stereocenters. The number of aryl methyl sites for hydroxylation is 2. The van der Waals surface area contributed by atoms with Crippen LogP contribution in [0.25, 0.3) is 0 Å². The Morgan fingerprint density at radius 2 is 1.40 bits per heavy atom. The number of rotatable bonds is 4. The monoisotopic (exact) mass is 332 g/mol. The first-order valence-electron chi connectivity index (χ1n) is 6.94. The zero-order chi connectivity index (χ0) is 14.7. The minimum Gasteiger partial charge on any atom is -0.491 e. The molecule has 0 bridgehead atoms. The maximum atomic E-state index is 5.68. The average Bonchev–Trinajstić information content (AvgIpc) is 2.37. The van der Waals surface area contributed by atoms with Crippen molar-refractivity contribution in [3.05, 3.63) is 64.7 Å². The first kappa shape index (κ1) is 15.1. The minimum absolute atomic E-state index is 0.208. The molecule has 0 amide bonds. The van der Waals surface area contributed by atoms with Crippen molar-refractivity contribution >= 4 is 15.9 Å². The molecule has 0 aromatic heterocycles. The highest BCUT2D eigenvalue weighted by atomic mass is 79.9. The summed E-state index contributed by atoms with van der Waals surface area (Å²) in [6, 6.07) is 15.0. The molecule has 1 nitrogen and oxygen atoms in total. The van der Waals surface area contributed by atoms with Gasteiger partial charge < -0.3 is 4.74 Å². The molecular weight excluding hydrogens is 312 g/mol. The molecule has 0 aliphatic heterocycles. The van der Waals surface area contributed by atoms with E-state index >= 15 is 0 Å². The van der Waals surface area contributed by atoms with E-state index in [2.05, 4.69) is 60.1 Å². The number of benzene rings is 2. The predicted octanol–water partition coefficient (Wildman–Crippen LogP) is 5.57. The van der Waals surface area contributed by atoms with Gasteiger partial charge >= 0.3 is 0 Å². The normalized spacial score (nSPS) is 12.5. The van der Waals surface area contributed by atoms with Crippen LogP contribution >= 0.6 is 15.9 Å². The Labute approximate surface area is 130 Å². The topological polar surface area (TPSA) is 9.23 Å². The molecule has 0 heterocycles. The van der Waals surface area contributed by atoms with Crippen molar-refractivity contribution in [3.63, 3.8) is 0 Å². The molecule has 0 spiro atoms. The van der Waals surface area contributed by atoms with E-state index < -0.39 is 0 Å². The molecule has 0 radical (unpaired) electrons. The molecule has 2 rings (SSSR count). The van der Waals surface area contributed by atoms with Gasteiger partial charge in [-0.2, -0.15) is 0 Å². The standard InChI is InChI=1S/C18H21BrO/c1-12(2)20-17-7-5-15(6-8-17)18(19)16-10-13(3)9-14(4)11-16/h5-12,18H,1-4H3. The molecule has 1 unspecified atom stereocenters. The second-order valence-electron chi connectivity index (χ2n) is 5.52. The third-order valence-corrected chi connectivity index (χ3v) is 4.14. The molecule has 2 heteroatoms.